The van der Waals surface area contributed by atoms with E-state index < -0.39 is 9.84 Å². The van der Waals surface area contributed by atoms with Crippen LogP contribution in [0.1, 0.15) is 66.2 Å². The summed E-state index contributed by atoms with van der Waals surface area (Å²) >= 11 is 0. The second kappa shape index (κ2) is 7.40. The van der Waals surface area contributed by atoms with E-state index in [1.807, 2.05) is 0 Å². The van der Waals surface area contributed by atoms with Crippen LogP contribution in [-0.2, 0) is 9.84 Å². The smallest absolute Gasteiger partial charge is 0.147 e. The molecule has 1 atom stereocenters. The summed E-state index contributed by atoms with van der Waals surface area (Å²) in [5, 5.41) is 0. The molecule has 3 heteroatoms. The van der Waals surface area contributed by atoms with Crippen molar-refractivity contribution in [2.75, 3.05) is 12.0 Å². The van der Waals surface area contributed by atoms with E-state index in [2.05, 4.69) is 27.7 Å². The maximum absolute atomic E-state index is 11.3. The summed E-state index contributed by atoms with van der Waals surface area (Å²) in [4.78, 5) is 0. The van der Waals surface area contributed by atoms with Gasteiger partial charge in [-0.25, -0.2) is 8.42 Å². The monoisotopic (exact) mass is 262 g/mol. The van der Waals surface area contributed by atoms with Gasteiger partial charge in [0.2, 0.25) is 0 Å². The van der Waals surface area contributed by atoms with Crippen LogP contribution >= 0.6 is 0 Å². The Kier molecular flexibility index (Phi) is 7.38. The Hall–Kier alpha value is -0.0500. The number of unbranched alkanes of at least 4 members (excludes halogenated alkanes) is 1. The molecule has 0 aliphatic rings. The fraction of sp³-hybridized carbons (Fsp3) is 1.00. The Labute approximate surface area is 108 Å². The minimum absolute atomic E-state index is 0.272. The van der Waals surface area contributed by atoms with Gasteiger partial charge in [0.05, 0.1) is 5.75 Å². The first-order valence-corrected chi connectivity index (χ1v) is 8.96. The second-order valence-corrected chi connectivity index (χ2v) is 8.26. The zero-order valence-electron chi connectivity index (χ0n) is 12.3. The minimum Gasteiger partial charge on any atom is -0.229 e. The van der Waals surface area contributed by atoms with Gasteiger partial charge < -0.3 is 0 Å². The fourth-order valence-electron chi connectivity index (χ4n) is 2.58. The highest BCUT2D eigenvalue weighted by Gasteiger charge is 2.28. The van der Waals surface area contributed by atoms with Crippen LogP contribution in [0.5, 0.6) is 0 Å². The molecule has 0 fully saturated rings. The number of sulfone groups is 1. The van der Waals surface area contributed by atoms with Gasteiger partial charge in [-0.3, -0.25) is 0 Å². The largest absolute Gasteiger partial charge is 0.229 e. The topological polar surface area (TPSA) is 34.1 Å². The highest BCUT2D eigenvalue weighted by Crippen LogP contribution is 2.37. The van der Waals surface area contributed by atoms with Crippen molar-refractivity contribution >= 4 is 9.84 Å². The lowest BCUT2D eigenvalue weighted by Gasteiger charge is -2.34. The Morgan fingerprint density at radius 2 is 1.65 bits per heavy atom. The maximum Gasteiger partial charge on any atom is 0.147 e. The van der Waals surface area contributed by atoms with Gasteiger partial charge in [-0.1, -0.05) is 47.0 Å². The molecule has 0 aliphatic carbocycles. The molecule has 104 valence electrons. The Morgan fingerprint density at radius 1 is 1.06 bits per heavy atom. The molecule has 0 aromatic heterocycles. The third-order valence-corrected chi connectivity index (χ3v) is 4.72. The molecule has 0 radical (unpaired) electrons. The summed E-state index contributed by atoms with van der Waals surface area (Å²) in [5.74, 6) is 0.881. The van der Waals surface area contributed by atoms with Gasteiger partial charge in [0.1, 0.15) is 9.84 Å². The normalized spacial score (nSPS) is 14.9. The van der Waals surface area contributed by atoms with Crippen molar-refractivity contribution in [3.8, 4) is 0 Å². The Morgan fingerprint density at radius 3 is 2.06 bits per heavy atom. The molecule has 0 saturated carbocycles. The SMILES string of the molecule is CCCC[C@@H](CCS(C)(=O)=O)C(C)(C)CCC. The standard InChI is InChI=1S/C14H30O2S/c1-6-8-9-13(10-12-17(5,15)16)14(3,4)11-7-2/h13H,6-12H2,1-5H3/t13-/m0/s1. The molecule has 17 heavy (non-hydrogen) atoms. The number of rotatable bonds is 9. The van der Waals surface area contributed by atoms with Crippen LogP contribution < -0.4 is 0 Å². The first-order valence-electron chi connectivity index (χ1n) is 6.90. The van der Waals surface area contributed by atoms with E-state index in [1.54, 1.807) is 0 Å². The highest BCUT2D eigenvalue weighted by molar-refractivity contribution is 7.90. The molecule has 0 aliphatic heterocycles. The van der Waals surface area contributed by atoms with Gasteiger partial charge in [0.25, 0.3) is 0 Å². The van der Waals surface area contributed by atoms with Crippen LogP contribution in [-0.4, -0.2) is 20.4 Å². The van der Waals surface area contributed by atoms with Gasteiger partial charge in [-0.15, -0.1) is 0 Å². The van der Waals surface area contributed by atoms with Crippen LogP contribution in [0.15, 0.2) is 0 Å². The fourth-order valence-corrected chi connectivity index (χ4v) is 3.29. The van der Waals surface area contributed by atoms with E-state index in [4.69, 9.17) is 0 Å². The van der Waals surface area contributed by atoms with Crippen molar-refractivity contribution in [3.63, 3.8) is 0 Å². The van der Waals surface area contributed by atoms with Crippen molar-refractivity contribution in [2.45, 2.75) is 66.2 Å². The third kappa shape index (κ3) is 7.80. The van der Waals surface area contributed by atoms with Crippen molar-refractivity contribution in [1.29, 1.82) is 0 Å². The van der Waals surface area contributed by atoms with E-state index in [1.165, 1.54) is 38.4 Å². The van der Waals surface area contributed by atoms with Crippen LogP contribution in [0.3, 0.4) is 0 Å². The molecule has 0 aromatic rings. The van der Waals surface area contributed by atoms with Crippen molar-refractivity contribution in [3.05, 3.63) is 0 Å². The lowest BCUT2D eigenvalue weighted by atomic mass is 9.72. The van der Waals surface area contributed by atoms with E-state index >= 15 is 0 Å². The number of hydrogen-bond acceptors (Lipinski definition) is 2. The number of hydrogen-bond donors (Lipinski definition) is 0. The molecule has 0 amide bonds. The van der Waals surface area contributed by atoms with Crippen LogP contribution in [0, 0.1) is 11.3 Å². The van der Waals surface area contributed by atoms with Crippen molar-refractivity contribution < 1.29 is 8.42 Å². The Balaban J connectivity index is 4.51. The molecule has 0 rings (SSSR count). The van der Waals surface area contributed by atoms with E-state index in [-0.39, 0.29) is 5.41 Å². The molecular formula is C14H30O2S. The zero-order valence-corrected chi connectivity index (χ0v) is 13.1. The zero-order chi connectivity index (χ0) is 13.5. The second-order valence-electron chi connectivity index (χ2n) is 6.00. The van der Waals surface area contributed by atoms with Crippen LogP contribution in [0.25, 0.3) is 0 Å². The van der Waals surface area contributed by atoms with Crippen molar-refractivity contribution in [1.82, 2.24) is 0 Å². The lowest BCUT2D eigenvalue weighted by Crippen LogP contribution is -2.26. The van der Waals surface area contributed by atoms with Gasteiger partial charge in [0, 0.05) is 6.26 Å². The summed E-state index contributed by atoms with van der Waals surface area (Å²) < 4.78 is 22.6. The molecule has 0 N–H and O–H groups in total. The van der Waals surface area contributed by atoms with E-state index in [0.717, 1.165) is 6.42 Å². The maximum atomic E-state index is 11.3. The molecule has 0 heterocycles. The summed E-state index contributed by atoms with van der Waals surface area (Å²) in [6.45, 7) is 8.98. The molecule has 2 nitrogen and oxygen atoms in total. The van der Waals surface area contributed by atoms with Crippen LogP contribution in [0.4, 0.5) is 0 Å². The first-order chi connectivity index (χ1) is 7.73. The summed E-state index contributed by atoms with van der Waals surface area (Å²) in [7, 11) is -2.82. The Bertz CT molecular complexity index is 291. The van der Waals surface area contributed by atoms with Gasteiger partial charge >= 0.3 is 0 Å². The molecule has 0 bridgehead atoms. The van der Waals surface area contributed by atoms with E-state index in [9.17, 15) is 8.42 Å². The summed E-state index contributed by atoms with van der Waals surface area (Å²) in [6, 6.07) is 0. The third-order valence-electron chi connectivity index (χ3n) is 3.74. The minimum atomic E-state index is -2.82. The molecule has 0 unspecified atom stereocenters. The first kappa shape index (κ1) is 16.9. The van der Waals surface area contributed by atoms with Crippen LogP contribution in [0.2, 0.25) is 0 Å². The quantitative estimate of drug-likeness (QED) is 0.628. The molecule has 0 aromatic carbocycles. The predicted octanol–water partition coefficient (Wildman–Crippen LogP) is 4.05. The van der Waals surface area contributed by atoms with Gasteiger partial charge in [-0.05, 0) is 30.6 Å². The average Bonchev–Trinajstić information content (AvgIpc) is 2.15. The predicted molar refractivity (Wildman–Crippen MR) is 76.0 cm³/mol. The van der Waals surface area contributed by atoms with Gasteiger partial charge in [0.15, 0.2) is 0 Å². The molecule has 0 spiro atoms. The molecular weight excluding hydrogens is 232 g/mol. The van der Waals surface area contributed by atoms with Crippen molar-refractivity contribution in [2.24, 2.45) is 11.3 Å². The summed E-state index contributed by atoms with van der Waals surface area (Å²) in [6.07, 6.45) is 8.10. The highest BCUT2D eigenvalue weighted by atomic mass is 32.2. The molecule has 0 saturated heterocycles. The summed E-state index contributed by atoms with van der Waals surface area (Å²) in [5.41, 5.74) is 0.272. The lowest BCUT2D eigenvalue weighted by molar-refractivity contribution is 0.173. The van der Waals surface area contributed by atoms with E-state index in [0.29, 0.717) is 11.7 Å². The van der Waals surface area contributed by atoms with Gasteiger partial charge in [-0.2, -0.15) is 0 Å². The average molecular weight is 262 g/mol.